The largest absolute Gasteiger partial charge is 0.479 e. The number of ether oxygens (including phenoxy) is 2. The van der Waals surface area contributed by atoms with Gasteiger partial charge in [-0.05, 0) is 18.1 Å². The summed E-state index contributed by atoms with van der Waals surface area (Å²) in [6.07, 6.45) is 4.39. The standard InChI is InChI=1S/C13H16N2O2.ClH/c1-2-9-3-4-11-10(7-9)12(14)13(17-11)15-5-6-16-8-15;/h3-7,12-13H,2,8,14H2,1H3;1H. The first-order valence-electron chi connectivity index (χ1n) is 5.88. The van der Waals surface area contributed by atoms with Crippen molar-refractivity contribution in [3.05, 3.63) is 41.8 Å². The Balaban J connectivity index is 0.00000120. The molecule has 4 nitrogen and oxygen atoms in total. The first-order chi connectivity index (χ1) is 8.29. The summed E-state index contributed by atoms with van der Waals surface area (Å²) in [5.41, 5.74) is 8.62. The molecule has 2 aliphatic rings. The number of nitrogens with two attached hydrogens (primary N) is 1. The lowest BCUT2D eigenvalue weighted by atomic mass is 10.0. The molecule has 0 fully saturated rings. The van der Waals surface area contributed by atoms with Crippen molar-refractivity contribution in [3.63, 3.8) is 0 Å². The average molecular weight is 269 g/mol. The van der Waals surface area contributed by atoms with Gasteiger partial charge >= 0.3 is 0 Å². The monoisotopic (exact) mass is 268 g/mol. The Bertz CT molecular complexity index is 464. The van der Waals surface area contributed by atoms with Crippen LogP contribution in [0.1, 0.15) is 24.1 Å². The molecule has 0 saturated heterocycles. The molecule has 1 aromatic rings. The van der Waals surface area contributed by atoms with E-state index in [1.54, 1.807) is 6.26 Å². The minimum absolute atomic E-state index is 0. The van der Waals surface area contributed by atoms with Crippen LogP contribution in [0.5, 0.6) is 5.75 Å². The van der Waals surface area contributed by atoms with E-state index in [0.717, 1.165) is 17.7 Å². The van der Waals surface area contributed by atoms with Crippen LogP contribution in [0.15, 0.2) is 30.7 Å². The minimum atomic E-state index is -0.157. The van der Waals surface area contributed by atoms with Crippen molar-refractivity contribution in [2.24, 2.45) is 5.73 Å². The van der Waals surface area contributed by atoms with E-state index in [1.165, 1.54) is 5.56 Å². The molecule has 2 aliphatic heterocycles. The normalized spacial score (nSPS) is 24.2. The Morgan fingerprint density at radius 1 is 1.44 bits per heavy atom. The summed E-state index contributed by atoms with van der Waals surface area (Å²) < 4.78 is 11.0. The van der Waals surface area contributed by atoms with E-state index in [-0.39, 0.29) is 24.7 Å². The molecule has 0 spiro atoms. The average Bonchev–Trinajstić information content (AvgIpc) is 2.97. The first-order valence-corrected chi connectivity index (χ1v) is 5.88. The van der Waals surface area contributed by atoms with Gasteiger partial charge in [-0.25, -0.2) is 0 Å². The minimum Gasteiger partial charge on any atom is -0.479 e. The molecule has 2 N–H and O–H groups in total. The summed E-state index contributed by atoms with van der Waals surface area (Å²) in [5, 5.41) is 0. The van der Waals surface area contributed by atoms with Gasteiger partial charge in [0.15, 0.2) is 13.0 Å². The first kappa shape index (κ1) is 13.1. The van der Waals surface area contributed by atoms with Crippen molar-refractivity contribution in [1.82, 2.24) is 4.90 Å². The van der Waals surface area contributed by atoms with Gasteiger partial charge in [0.1, 0.15) is 12.0 Å². The van der Waals surface area contributed by atoms with Gasteiger partial charge in [-0.3, -0.25) is 0 Å². The summed E-state index contributed by atoms with van der Waals surface area (Å²) in [6, 6.07) is 6.11. The van der Waals surface area contributed by atoms with Crippen molar-refractivity contribution < 1.29 is 9.47 Å². The molecule has 5 heteroatoms. The second-order valence-electron chi connectivity index (χ2n) is 4.36. The number of hydrogen-bond donors (Lipinski definition) is 1. The van der Waals surface area contributed by atoms with Crippen LogP contribution in [0.25, 0.3) is 0 Å². The molecule has 18 heavy (non-hydrogen) atoms. The summed E-state index contributed by atoms with van der Waals surface area (Å²) in [6.45, 7) is 2.64. The van der Waals surface area contributed by atoms with Gasteiger partial charge in [0.05, 0.1) is 6.04 Å². The molecule has 0 radical (unpaired) electrons. The molecular formula is C13H17ClN2O2. The Labute approximate surface area is 113 Å². The third-order valence-electron chi connectivity index (χ3n) is 3.30. The highest BCUT2D eigenvalue weighted by atomic mass is 35.5. The Morgan fingerprint density at radius 3 is 2.94 bits per heavy atom. The fourth-order valence-electron chi connectivity index (χ4n) is 2.27. The van der Waals surface area contributed by atoms with Gasteiger partial charge in [-0.1, -0.05) is 19.1 Å². The maximum absolute atomic E-state index is 6.24. The second kappa shape index (κ2) is 5.08. The zero-order valence-corrected chi connectivity index (χ0v) is 11.0. The van der Waals surface area contributed by atoms with Gasteiger partial charge in [-0.15, -0.1) is 12.4 Å². The zero-order valence-electron chi connectivity index (χ0n) is 10.2. The highest BCUT2D eigenvalue weighted by molar-refractivity contribution is 5.85. The van der Waals surface area contributed by atoms with E-state index in [1.807, 2.05) is 17.2 Å². The molecule has 2 unspecified atom stereocenters. The highest BCUT2D eigenvalue weighted by Crippen LogP contribution is 2.37. The van der Waals surface area contributed by atoms with Gasteiger partial charge in [0, 0.05) is 11.8 Å². The van der Waals surface area contributed by atoms with Crippen LogP contribution in [0.4, 0.5) is 0 Å². The van der Waals surface area contributed by atoms with Crippen LogP contribution in [-0.4, -0.2) is 17.9 Å². The number of aryl methyl sites for hydroxylation is 1. The van der Waals surface area contributed by atoms with Crippen molar-refractivity contribution in [3.8, 4) is 5.75 Å². The molecule has 0 aromatic heterocycles. The molecule has 0 aliphatic carbocycles. The quantitative estimate of drug-likeness (QED) is 0.893. The fourth-order valence-corrected chi connectivity index (χ4v) is 2.27. The SMILES string of the molecule is CCc1ccc2c(c1)C(N)C(N1C=COC1)O2.Cl. The lowest BCUT2D eigenvalue weighted by Gasteiger charge is -2.24. The number of halogens is 1. The summed E-state index contributed by atoms with van der Waals surface area (Å²) >= 11 is 0. The van der Waals surface area contributed by atoms with Crippen LogP contribution in [0.2, 0.25) is 0 Å². The van der Waals surface area contributed by atoms with E-state index in [2.05, 4.69) is 19.1 Å². The number of benzene rings is 1. The molecule has 98 valence electrons. The summed E-state index contributed by atoms with van der Waals surface area (Å²) in [7, 11) is 0. The predicted octanol–water partition coefficient (Wildman–Crippen LogP) is 2.15. The molecular weight excluding hydrogens is 252 g/mol. The van der Waals surface area contributed by atoms with E-state index >= 15 is 0 Å². The van der Waals surface area contributed by atoms with E-state index in [4.69, 9.17) is 15.2 Å². The van der Waals surface area contributed by atoms with Crippen molar-refractivity contribution >= 4 is 12.4 Å². The third-order valence-corrected chi connectivity index (χ3v) is 3.30. The lowest BCUT2D eigenvalue weighted by molar-refractivity contribution is 0.0222. The number of rotatable bonds is 2. The Morgan fingerprint density at radius 2 is 2.28 bits per heavy atom. The number of fused-ring (bicyclic) bond motifs is 1. The molecule has 2 heterocycles. The lowest BCUT2D eigenvalue weighted by Crippen LogP contribution is -2.39. The smallest absolute Gasteiger partial charge is 0.194 e. The van der Waals surface area contributed by atoms with Crippen molar-refractivity contribution in [1.29, 1.82) is 0 Å². The third kappa shape index (κ3) is 2.02. The van der Waals surface area contributed by atoms with E-state index in [9.17, 15) is 0 Å². The highest BCUT2D eigenvalue weighted by Gasteiger charge is 2.36. The van der Waals surface area contributed by atoms with Gasteiger partial charge < -0.3 is 20.1 Å². The number of hydrogen-bond acceptors (Lipinski definition) is 4. The molecule has 3 rings (SSSR count). The van der Waals surface area contributed by atoms with Gasteiger partial charge in [-0.2, -0.15) is 0 Å². The summed E-state index contributed by atoms with van der Waals surface area (Å²) in [5.74, 6) is 0.889. The van der Waals surface area contributed by atoms with Crippen LogP contribution in [0, 0.1) is 0 Å². The van der Waals surface area contributed by atoms with E-state index in [0.29, 0.717) is 6.73 Å². The predicted molar refractivity (Wildman–Crippen MR) is 71.3 cm³/mol. The van der Waals surface area contributed by atoms with Crippen LogP contribution >= 0.6 is 12.4 Å². The Kier molecular flexibility index (Phi) is 3.68. The fraction of sp³-hybridized carbons (Fsp3) is 0.385. The summed E-state index contributed by atoms with van der Waals surface area (Å²) in [4.78, 5) is 1.97. The van der Waals surface area contributed by atoms with Crippen molar-refractivity contribution in [2.75, 3.05) is 6.73 Å². The maximum Gasteiger partial charge on any atom is 0.194 e. The molecule has 1 aromatic carbocycles. The second-order valence-corrected chi connectivity index (χ2v) is 4.36. The topological polar surface area (TPSA) is 47.7 Å². The van der Waals surface area contributed by atoms with Crippen molar-refractivity contribution in [2.45, 2.75) is 25.6 Å². The number of nitrogens with zero attached hydrogens (tertiary/aromatic N) is 1. The molecule has 0 bridgehead atoms. The van der Waals surface area contributed by atoms with E-state index < -0.39 is 0 Å². The van der Waals surface area contributed by atoms with Crippen LogP contribution in [0.3, 0.4) is 0 Å². The van der Waals surface area contributed by atoms with Crippen LogP contribution < -0.4 is 10.5 Å². The van der Waals surface area contributed by atoms with Crippen LogP contribution in [-0.2, 0) is 11.2 Å². The molecule has 2 atom stereocenters. The Hall–Kier alpha value is -1.39. The van der Waals surface area contributed by atoms with Gasteiger partial charge in [0.2, 0.25) is 0 Å². The zero-order chi connectivity index (χ0) is 11.8. The molecule has 0 amide bonds. The maximum atomic E-state index is 6.24. The van der Waals surface area contributed by atoms with Gasteiger partial charge in [0.25, 0.3) is 0 Å². The molecule has 0 saturated carbocycles.